The summed E-state index contributed by atoms with van der Waals surface area (Å²) >= 11 is 0. The van der Waals surface area contributed by atoms with Gasteiger partial charge in [-0.1, -0.05) is 42.5 Å². The number of aryl methyl sites for hydroxylation is 1. The normalized spacial score (nSPS) is 24.0. The molecule has 24 heavy (non-hydrogen) atoms. The van der Waals surface area contributed by atoms with Gasteiger partial charge in [0.1, 0.15) is 0 Å². The summed E-state index contributed by atoms with van der Waals surface area (Å²) in [5, 5.41) is 13.4. The fourth-order valence-corrected chi connectivity index (χ4v) is 5.16. The van der Waals surface area contributed by atoms with Crippen LogP contribution in [-0.2, 0) is 14.6 Å². The highest BCUT2D eigenvalue weighted by Gasteiger charge is 2.44. The van der Waals surface area contributed by atoms with E-state index >= 15 is 0 Å². The number of aliphatic carboxylic acids is 1. The molecule has 1 heterocycles. The van der Waals surface area contributed by atoms with Crippen LogP contribution in [0.15, 0.2) is 59.5 Å². The minimum absolute atomic E-state index is 0.0153. The fraction of sp³-hybridized carbons (Fsp3) is 0.278. The van der Waals surface area contributed by atoms with Gasteiger partial charge in [-0.15, -0.1) is 0 Å². The standard InChI is InChI=1S/C18H19NO4S/c1-12-7-5-6-10-14(12)17-16(11-15(19-17)18(20)21)24(22,23)13-8-3-2-4-9-13/h2-10,15-17,19H,11H2,1H3,(H,20,21)/p-1. The van der Waals surface area contributed by atoms with E-state index in [4.69, 9.17) is 0 Å². The number of hydrogen-bond acceptors (Lipinski definition) is 5. The van der Waals surface area contributed by atoms with Crippen LogP contribution in [0, 0.1) is 6.92 Å². The predicted molar refractivity (Wildman–Crippen MR) is 87.9 cm³/mol. The van der Waals surface area contributed by atoms with E-state index in [0.29, 0.717) is 0 Å². The molecule has 0 aliphatic carbocycles. The van der Waals surface area contributed by atoms with E-state index in [9.17, 15) is 18.3 Å². The Hall–Kier alpha value is -2.18. The molecular formula is C18H18NO4S-. The minimum Gasteiger partial charge on any atom is -0.548 e. The highest BCUT2D eigenvalue weighted by atomic mass is 32.2. The first-order chi connectivity index (χ1) is 11.4. The second kappa shape index (κ2) is 6.37. The van der Waals surface area contributed by atoms with Gasteiger partial charge >= 0.3 is 0 Å². The summed E-state index contributed by atoms with van der Waals surface area (Å²) in [7, 11) is -3.67. The Labute approximate surface area is 141 Å². The van der Waals surface area contributed by atoms with Crippen molar-refractivity contribution in [3.63, 3.8) is 0 Å². The monoisotopic (exact) mass is 344 g/mol. The van der Waals surface area contributed by atoms with Crippen molar-refractivity contribution >= 4 is 15.8 Å². The van der Waals surface area contributed by atoms with E-state index in [1.165, 1.54) is 12.1 Å². The number of rotatable bonds is 4. The Morgan fingerprint density at radius 1 is 1.08 bits per heavy atom. The van der Waals surface area contributed by atoms with E-state index in [1.807, 2.05) is 31.2 Å². The quantitative estimate of drug-likeness (QED) is 0.894. The Bertz CT molecular complexity index is 848. The summed E-state index contributed by atoms with van der Waals surface area (Å²) < 4.78 is 26.1. The largest absolute Gasteiger partial charge is 0.548 e. The average Bonchev–Trinajstić information content (AvgIpc) is 3.02. The van der Waals surface area contributed by atoms with Gasteiger partial charge in [0.15, 0.2) is 9.84 Å². The Balaban J connectivity index is 2.06. The van der Waals surface area contributed by atoms with Gasteiger partial charge in [0, 0.05) is 6.04 Å². The van der Waals surface area contributed by atoms with Crippen LogP contribution in [0.25, 0.3) is 0 Å². The molecule has 1 fully saturated rings. The van der Waals surface area contributed by atoms with Crippen LogP contribution >= 0.6 is 0 Å². The molecule has 0 radical (unpaired) electrons. The van der Waals surface area contributed by atoms with Crippen LogP contribution in [0.5, 0.6) is 0 Å². The highest BCUT2D eigenvalue weighted by molar-refractivity contribution is 7.92. The maximum atomic E-state index is 13.0. The van der Waals surface area contributed by atoms with Crippen molar-refractivity contribution in [2.75, 3.05) is 0 Å². The molecule has 126 valence electrons. The molecule has 0 saturated carbocycles. The van der Waals surface area contributed by atoms with Crippen molar-refractivity contribution in [1.82, 2.24) is 5.32 Å². The first kappa shape index (κ1) is 16.7. The molecule has 2 aromatic carbocycles. The molecule has 3 unspecified atom stereocenters. The molecular weight excluding hydrogens is 326 g/mol. The van der Waals surface area contributed by atoms with Crippen LogP contribution in [0.3, 0.4) is 0 Å². The lowest BCUT2D eigenvalue weighted by Crippen LogP contribution is -2.42. The van der Waals surface area contributed by atoms with E-state index in [0.717, 1.165) is 11.1 Å². The maximum absolute atomic E-state index is 13.0. The summed E-state index contributed by atoms with van der Waals surface area (Å²) in [6.45, 7) is 1.88. The zero-order valence-electron chi connectivity index (χ0n) is 13.2. The second-order valence-corrected chi connectivity index (χ2v) is 8.17. The first-order valence-corrected chi connectivity index (χ1v) is 9.27. The fourth-order valence-electron chi connectivity index (χ4n) is 3.24. The van der Waals surface area contributed by atoms with Crippen molar-refractivity contribution in [2.45, 2.75) is 35.6 Å². The zero-order valence-corrected chi connectivity index (χ0v) is 14.0. The van der Waals surface area contributed by atoms with Crippen molar-refractivity contribution in [1.29, 1.82) is 0 Å². The van der Waals surface area contributed by atoms with Crippen LogP contribution in [0.4, 0.5) is 0 Å². The lowest BCUT2D eigenvalue weighted by molar-refractivity contribution is -0.308. The Kier molecular flexibility index (Phi) is 4.43. The number of sulfone groups is 1. The molecule has 0 amide bonds. The molecule has 0 aromatic heterocycles. The van der Waals surface area contributed by atoms with E-state index < -0.39 is 33.1 Å². The van der Waals surface area contributed by atoms with E-state index in [2.05, 4.69) is 5.32 Å². The maximum Gasteiger partial charge on any atom is 0.183 e. The first-order valence-electron chi connectivity index (χ1n) is 7.72. The van der Waals surface area contributed by atoms with Crippen molar-refractivity contribution in [3.8, 4) is 0 Å². The molecule has 5 nitrogen and oxygen atoms in total. The summed E-state index contributed by atoms with van der Waals surface area (Å²) in [6.07, 6.45) is -0.0153. The Morgan fingerprint density at radius 2 is 1.71 bits per heavy atom. The lowest BCUT2D eigenvalue weighted by atomic mass is 10.00. The molecule has 1 N–H and O–H groups in total. The molecule has 0 bridgehead atoms. The van der Waals surface area contributed by atoms with Crippen LogP contribution < -0.4 is 10.4 Å². The third-order valence-electron chi connectivity index (χ3n) is 4.50. The molecule has 1 saturated heterocycles. The number of carbonyl (C=O) groups excluding carboxylic acids is 1. The van der Waals surface area contributed by atoms with Gasteiger partial charge in [0.25, 0.3) is 0 Å². The lowest BCUT2D eigenvalue weighted by Gasteiger charge is -2.22. The molecule has 2 aromatic rings. The van der Waals surface area contributed by atoms with Crippen LogP contribution in [0.1, 0.15) is 23.6 Å². The summed E-state index contributed by atoms with van der Waals surface area (Å²) in [5.74, 6) is -1.28. The number of carboxylic acids is 1. The van der Waals surface area contributed by atoms with Gasteiger partial charge in [0.2, 0.25) is 0 Å². The summed E-state index contributed by atoms with van der Waals surface area (Å²) in [4.78, 5) is 11.5. The number of benzene rings is 2. The van der Waals surface area contributed by atoms with E-state index in [-0.39, 0.29) is 11.3 Å². The molecule has 3 rings (SSSR count). The summed E-state index contributed by atoms with van der Waals surface area (Å²) in [5.41, 5.74) is 1.72. The van der Waals surface area contributed by atoms with Gasteiger partial charge in [-0.3, -0.25) is 0 Å². The second-order valence-electron chi connectivity index (χ2n) is 6.00. The smallest absolute Gasteiger partial charge is 0.183 e. The summed E-state index contributed by atoms with van der Waals surface area (Å²) in [6, 6.07) is 14.0. The van der Waals surface area contributed by atoms with Gasteiger partial charge in [-0.05, 0) is 36.6 Å². The molecule has 6 heteroatoms. The zero-order chi connectivity index (χ0) is 17.3. The Morgan fingerprint density at radius 3 is 2.33 bits per heavy atom. The third kappa shape index (κ3) is 2.95. The molecule has 1 aliphatic rings. The average molecular weight is 344 g/mol. The van der Waals surface area contributed by atoms with Crippen molar-refractivity contribution in [2.24, 2.45) is 0 Å². The van der Waals surface area contributed by atoms with Gasteiger partial charge in [-0.2, -0.15) is 0 Å². The van der Waals surface area contributed by atoms with Gasteiger partial charge in [0.05, 0.1) is 22.2 Å². The number of nitrogens with one attached hydrogen (secondary N) is 1. The molecule has 1 aliphatic heterocycles. The van der Waals surface area contributed by atoms with E-state index in [1.54, 1.807) is 18.2 Å². The number of hydrogen-bond donors (Lipinski definition) is 1. The topological polar surface area (TPSA) is 86.3 Å². The van der Waals surface area contributed by atoms with Gasteiger partial charge < -0.3 is 15.2 Å². The molecule has 0 spiro atoms. The van der Waals surface area contributed by atoms with Crippen molar-refractivity contribution in [3.05, 3.63) is 65.7 Å². The predicted octanol–water partition coefficient (Wildman–Crippen LogP) is 0.990. The van der Waals surface area contributed by atoms with Crippen LogP contribution in [0.2, 0.25) is 0 Å². The number of carboxylic acid groups (broad SMARTS) is 1. The van der Waals surface area contributed by atoms with Crippen molar-refractivity contribution < 1.29 is 18.3 Å². The minimum atomic E-state index is -3.67. The molecule has 3 atom stereocenters. The third-order valence-corrected chi connectivity index (χ3v) is 6.69. The van der Waals surface area contributed by atoms with Gasteiger partial charge in [-0.25, -0.2) is 8.42 Å². The van der Waals surface area contributed by atoms with Crippen LogP contribution in [-0.4, -0.2) is 25.7 Å². The SMILES string of the molecule is Cc1ccccc1C1NC(C(=O)[O-])CC1S(=O)(=O)c1ccccc1. The number of carbonyl (C=O) groups is 1. The highest BCUT2D eigenvalue weighted by Crippen LogP contribution is 2.36.